The molecule has 10 heteroatoms. The molecule has 0 bridgehead atoms. The van der Waals surface area contributed by atoms with Gasteiger partial charge in [0.2, 0.25) is 11.8 Å². The summed E-state index contributed by atoms with van der Waals surface area (Å²) in [5.74, 6) is 0.807. The number of hydrogen-bond acceptors (Lipinski definition) is 7. The second-order valence-electron chi connectivity index (χ2n) is 5.71. The molecule has 0 aliphatic carbocycles. The minimum Gasteiger partial charge on any atom is -0.467 e. The van der Waals surface area contributed by atoms with Crippen LogP contribution < -0.4 is 11.1 Å². The number of carbonyl (C=O) groups is 2. The van der Waals surface area contributed by atoms with Crippen molar-refractivity contribution >= 4 is 34.9 Å². The van der Waals surface area contributed by atoms with Crippen LogP contribution >= 0.6 is 23.1 Å². The molecule has 1 unspecified atom stereocenters. The molecule has 3 heterocycles. The summed E-state index contributed by atoms with van der Waals surface area (Å²) in [7, 11) is 0. The topological polar surface area (TPSA) is 116 Å². The van der Waals surface area contributed by atoms with Crippen molar-refractivity contribution in [1.29, 1.82) is 0 Å². The average molecular weight is 406 g/mol. The molecule has 0 fully saturated rings. The van der Waals surface area contributed by atoms with Gasteiger partial charge in [0.1, 0.15) is 5.76 Å². The Hall–Kier alpha value is -2.59. The van der Waals surface area contributed by atoms with E-state index < -0.39 is 11.2 Å². The van der Waals surface area contributed by atoms with Gasteiger partial charge in [0.05, 0.1) is 22.9 Å². The maximum atomic E-state index is 12.4. The highest BCUT2D eigenvalue weighted by molar-refractivity contribution is 8.00. The monoisotopic (exact) mass is 405 g/mol. The molecule has 142 valence electrons. The van der Waals surface area contributed by atoms with Gasteiger partial charge in [0.25, 0.3) is 0 Å². The van der Waals surface area contributed by atoms with Crippen molar-refractivity contribution in [3.8, 4) is 10.7 Å². The number of nitrogens with two attached hydrogens (primary N) is 1. The van der Waals surface area contributed by atoms with Gasteiger partial charge in [-0.15, -0.1) is 21.5 Å². The zero-order valence-corrected chi connectivity index (χ0v) is 16.3. The Balaban J connectivity index is 1.70. The lowest BCUT2D eigenvalue weighted by Gasteiger charge is -2.12. The smallest absolute Gasteiger partial charge is 0.233 e. The molecule has 3 aromatic rings. The first kappa shape index (κ1) is 19.2. The Morgan fingerprint density at radius 2 is 2.22 bits per heavy atom. The second kappa shape index (κ2) is 8.87. The van der Waals surface area contributed by atoms with E-state index in [9.17, 15) is 9.59 Å². The maximum absolute atomic E-state index is 12.4. The number of thioether (sulfide) groups is 1. The third-order valence-corrected chi connectivity index (χ3v) is 5.65. The lowest BCUT2D eigenvalue weighted by atomic mass is 10.4. The van der Waals surface area contributed by atoms with Gasteiger partial charge in [-0.2, -0.15) is 0 Å². The largest absolute Gasteiger partial charge is 0.467 e. The molecular weight excluding hydrogens is 386 g/mol. The molecule has 3 N–H and O–H groups in total. The van der Waals surface area contributed by atoms with Crippen LogP contribution in [-0.2, 0) is 22.7 Å². The first-order valence-corrected chi connectivity index (χ1v) is 10.0. The van der Waals surface area contributed by atoms with E-state index in [2.05, 4.69) is 15.5 Å². The summed E-state index contributed by atoms with van der Waals surface area (Å²) in [6.45, 7) is 2.48. The van der Waals surface area contributed by atoms with Crippen LogP contribution in [0.5, 0.6) is 0 Å². The SMILES string of the molecule is CC(Sc1nnc(-c2cccs2)n1CCC(N)=O)C(=O)NCc1ccco1. The Bertz CT molecular complexity index is 890. The number of nitrogens with one attached hydrogen (secondary N) is 1. The summed E-state index contributed by atoms with van der Waals surface area (Å²) in [4.78, 5) is 24.5. The number of hydrogen-bond donors (Lipinski definition) is 2. The summed E-state index contributed by atoms with van der Waals surface area (Å²) < 4.78 is 7.04. The third-order valence-electron chi connectivity index (χ3n) is 3.71. The predicted molar refractivity (Wildman–Crippen MR) is 103 cm³/mol. The van der Waals surface area contributed by atoms with Crippen molar-refractivity contribution in [2.45, 2.75) is 36.8 Å². The Morgan fingerprint density at radius 1 is 1.37 bits per heavy atom. The molecule has 3 aromatic heterocycles. The van der Waals surface area contributed by atoms with E-state index in [0.29, 0.717) is 29.8 Å². The minimum absolute atomic E-state index is 0.140. The summed E-state index contributed by atoms with van der Waals surface area (Å²) in [6.07, 6.45) is 1.73. The number of carbonyl (C=O) groups excluding carboxylic acids is 2. The van der Waals surface area contributed by atoms with Crippen molar-refractivity contribution in [2.75, 3.05) is 0 Å². The van der Waals surface area contributed by atoms with Crippen LogP contribution in [0.4, 0.5) is 0 Å². The maximum Gasteiger partial charge on any atom is 0.233 e. The van der Waals surface area contributed by atoms with Crippen molar-refractivity contribution in [1.82, 2.24) is 20.1 Å². The summed E-state index contributed by atoms with van der Waals surface area (Å²) in [5, 5.41) is 13.4. The molecule has 0 radical (unpaired) electrons. The number of rotatable bonds is 9. The molecule has 0 aliphatic heterocycles. The lowest BCUT2D eigenvalue weighted by molar-refractivity contribution is -0.120. The van der Waals surface area contributed by atoms with Gasteiger partial charge in [-0.3, -0.25) is 9.59 Å². The van der Waals surface area contributed by atoms with Gasteiger partial charge in [0, 0.05) is 13.0 Å². The predicted octanol–water partition coefficient (Wildman–Crippen LogP) is 2.27. The number of aromatic nitrogens is 3. The molecule has 27 heavy (non-hydrogen) atoms. The van der Waals surface area contributed by atoms with Gasteiger partial charge in [-0.25, -0.2) is 0 Å². The number of furan rings is 1. The van der Waals surface area contributed by atoms with Crippen LogP contribution in [0, 0.1) is 0 Å². The van der Waals surface area contributed by atoms with Crippen LogP contribution in [-0.4, -0.2) is 31.8 Å². The van der Waals surface area contributed by atoms with Crippen molar-refractivity contribution < 1.29 is 14.0 Å². The molecule has 3 rings (SSSR count). The molecule has 1 atom stereocenters. The molecule has 0 saturated heterocycles. The van der Waals surface area contributed by atoms with Crippen LogP contribution in [0.25, 0.3) is 10.7 Å². The molecule has 2 amide bonds. The molecule has 0 aliphatic rings. The van der Waals surface area contributed by atoms with Gasteiger partial charge >= 0.3 is 0 Å². The molecule has 0 aromatic carbocycles. The Morgan fingerprint density at radius 3 is 2.89 bits per heavy atom. The van der Waals surface area contributed by atoms with Crippen LogP contribution in [0.3, 0.4) is 0 Å². The van der Waals surface area contributed by atoms with E-state index >= 15 is 0 Å². The standard InChI is InChI=1S/C17H19N5O3S2/c1-11(16(24)19-10-12-4-2-8-25-12)27-17-21-20-15(13-5-3-9-26-13)22(17)7-6-14(18)23/h2-5,8-9,11H,6-7,10H2,1H3,(H2,18,23)(H,19,24). The quantitative estimate of drug-likeness (QED) is 0.528. The number of amides is 2. The van der Waals surface area contributed by atoms with E-state index in [1.165, 1.54) is 23.1 Å². The second-order valence-corrected chi connectivity index (χ2v) is 7.96. The molecule has 0 spiro atoms. The lowest BCUT2D eigenvalue weighted by Crippen LogP contribution is -2.30. The van der Waals surface area contributed by atoms with Crippen LogP contribution in [0.2, 0.25) is 0 Å². The van der Waals surface area contributed by atoms with Gasteiger partial charge < -0.3 is 20.0 Å². The van der Waals surface area contributed by atoms with Gasteiger partial charge in [-0.1, -0.05) is 17.8 Å². The van der Waals surface area contributed by atoms with Crippen LogP contribution in [0.15, 0.2) is 45.5 Å². The zero-order chi connectivity index (χ0) is 19.2. The minimum atomic E-state index is -0.402. The highest BCUT2D eigenvalue weighted by Gasteiger charge is 2.21. The van der Waals surface area contributed by atoms with Crippen molar-refractivity contribution in [2.24, 2.45) is 5.73 Å². The van der Waals surface area contributed by atoms with Crippen LogP contribution in [0.1, 0.15) is 19.1 Å². The summed E-state index contributed by atoms with van der Waals surface area (Å²) >= 11 is 2.82. The molecule has 8 nitrogen and oxygen atoms in total. The fourth-order valence-electron chi connectivity index (χ4n) is 2.33. The van der Waals surface area contributed by atoms with E-state index in [-0.39, 0.29) is 12.3 Å². The number of primary amides is 1. The van der Waals surface area contributed by atoms with Gasteiger partial charge in [-0.05, 0) is 30.5 Å². The Kier molecular flexibility index (Phi) is 6.30. The average Bonchev–Trinajstić information content (AvgIpc) is 3.38. The third kappa shape index (κ3) is 4.98. The number of nitrogens with zero attached hydrogens (tertiary/aromatic N) is 3. The molecular formula is C17H19N5O3S2. The summed E-state index contributed by atoms with van der Waals surface area (Å²) in [5.41, 5.74) is 5.29. The highest BCUT2D eigenvalue weighted by Crippen LogP contribution is 2.29. The van der Waals surface area contributed by atoms with Gasteiger partial charge in [0.15, 0.2) is 11.0 Å². The number of thiophene rings is 1. The first-order valence-electron chi connectivity index (χ1n) is 8.26. The summed E-state index contributed by atoms with van der Waals surface area (Å²) in [6, 6.07) is 7.42. The molecule has 0 saturated carbocycles. The van der Waals surface area contributed by atoms with Crippen molar-refractivity contribution in [3.05, 3.63) is 41.7 Å². The van der Waals surface area contributed by atoms with E-state index in [1.54, 1.807) is 25.3 Å². The fourth-order valence-corrected chi connectivity index (χ4v) is 3.95. The normalized spacial score (nSPS) is 12.0. The van der Waals surface area contributed by atoms with E-state index in [0.717, 1.165) is 4.88 Å². The van der Waals surface area contributed by atoms with E-state index in [1.807, 2.05) is 22.1 Å². The highest BCUT2D eigenvalue weighted by atomic mass is 32.2. The first-order chi connectivity index (χ1) is 13.0. The van der Waals surface area contributed by atoms with Crippen molar-refractivity contribution in [3.63, 3.8) is 0 Å². The Labute approximate surface area is 164 Å². The zero-order valence-electron chi connectivity index (χ0n) is 14.6. The fraction of sp³-hybridized carbons (Fsp3) is 0.294. The van der Waals surface area contributed by atoms with E-state index in [4.69, 9.17) is 10.2 Å².